The molecule has 8 heteroatoms. The number of nitrogens with zero attached hydrogens (tertiary/aromatic N) is 3. The number of carbonyl (C=O) groups excluding carboxylic acids is 1. The van der Waals surface area contributed by atoms with Crippen LogP contribution in [0.1, 0.15) is 11.3 Å². The highest BCUT2D eigenvalue weighted by Gasteiger charge is 2.49. The van der Waals surface area contributed by atoms with E-state index in [4.69, 9.17) is 22.1 Å². The van der Waals surface area contributed by atoms with Gasteiger partial charge in [-0.15, -0.1) is 0 Å². The highest BCUT2D eigenvalue weighted by molar-refractivity contribution is 6.30. The standard InChI is InChI=1S/C19H24ClN5O2/c1-13-9-16(24-18(21)23-13)25-11-19(12-25,17(26)22-7-8-27-2)10-14-3-5-15(20)6-4-14/h3-6,9H,7-8,10-12H2,1-2H3,(H,22,26)(H2,21,23,24). The molecule has 2 aromatic rings. The number of halogens is 1. The second-order valence-electron chi connectivity index (χ2n) is 6.91. The van der Waals surface area contributed by atoms with Crippen LogP contribution >= 0.6 is 11.6 Å². The smallest absolute Gasteiger partial charge is 0.230 e. The quantitative estimate of drug-likeness (QED) is 0.702. The van der Waals surface area contributed by atoms with Gasteiger partial charge in [-0.3, -0.25) is 4.79 Å². The fourth-order valence-electron chi connectivity index (χ4n) is 3.37. The molecule has 0 atom stereocenters. The van der Waals surface area contributed by atoms with E-state index >= 15 is 0 Å². The minimum absolute atomic E-state index is 0.0181. The number of hydrogen-bond acceptors (Lipinski definition) is 6. The Balaban J connectivity index is 1.77. The summed E-state index contributed by atoms with van der Waals surface area (Å²) in [5.74, 6) is 1.01. The van der Waals surface area contributed by atoms with Crippen LogP contribution in [0.5, 0.6) is 0 Å². The Hall–Kier alpha value is -2.38. The predicted octanol–water partition coefficient (Wildman–Crippen LogP) is 1.83. The number of rotatable bonds is 7. The van der Waals surface area contributed by atoms with Gasteiger partial charge < -0.3 is 20.7 Å². The largest absolute Gasteiger partial charge is 0.383 e. The number of aromatic nitrogens is 2. The van der Waals surface area contributed by atoms with Crippen LogP contribution in [0.3, 0.4) is 0 Å². The number of amides is 1. The normalized spacial score (nSPS) is 15.3. The zero-order valence-corrected chi connectivity index (χ0v) is 16.3. The Bertz CT molecular complexity index is 786. The molecule has 3 rings (SSSR count). The van der Waals surface area contributed by atoms with Crippen molar-refractivity contribution in [2.45, 2.75) is 13.3 Å². The molecule has 1 aliphatic heterocycles. The van der Waals surface area contributed by atoms with Gasteiger partial charge in [0, 0.05) is 43.5 Å². The number of nitrogens with two attached hydrogens (primary N) is 1. The maximum atomic E-state index is 12.9. The third-order valence-electron chi connectivity index (χ3n) is 4.70. The first-order valence-corrected chi connectivity index (χ1v) is 9.17. The number of anilines is 2. The fourth-order valence-corrected chi connectivity index (χ4v) is 3.49. The zero-order valence-electron chi connectivity index (χ0n) is 15.5. The van der Waals surface area contributed by atoms with Crippen LogP contribution < -0.4 is 16.0 Å². The number of methoxy groups -OCH3 is 1. The topological polar surface area (TPSA) is 93.4 Å². The van der Waals surface area contributed by atoms with Crippen LogP contribution in [0.4, 0.5) is 11.8 Å². The Morgan fingerprint density at radius 2 is 2.04 bits per heavy atom. The van der Waals surface area contributed by atoms with Crippen LogP contribution in [0.25, 0.3) is 0 Å². The van der Waals surface area contributed by atoms with E-state index in [2.05, 4.69) is 20.2 Å². The molecule has 0 bridgehead atoms. The molecule has 7 nitrogen and oxygen atoms in total. The Labute approximate surface area is 163 Å². The number of hydrogen-bond donors (Lipinski definition) is 2. The average Bonchev–Trinajstić information content (AvgIpc) is 2.58. The highest BCUT2D eigenvalue weighted by atomic mass is 35.5. The first-order valence-electron chi connectivity index (χ1n) is 8.80. The van der Waals surface area contributed by atoms with Crippen LogP contribution in [-0.2, 0) is 16.0 Å². The lowest BCUT2D eigenvalue weighted by atomic mass is 9.73. The molecule has 0 unspecified atom stereocenters. The Morgan fingerprint density at radius 1 is 1.33 bits per heavy atom. The molecule has 1 aliphatic rings. The maximum absolute atomic E-state index is 12.9. The molecule has 1 aromatic carbocycles. The van der Waals surface area contributed by atoms with E-state index in [1.807, 2.05) is 37.3 Å². The van der Waals surface area contributed by atoms with E-state index in [1.165, 1.54) is 0 Å². The monoisotopic (exact) mass is 389 g/mol. The van der Waals surface area contributed by atoms with Crippen molar-refractivity contribution in [1.29, 1.82) is 0 Å². The summed E-state index contributed by atoms with van der Waals surface area (Å²) < 4.78 is 5.03. The molecule has 144 valence electrons. The molecular weight excluding hydrogens is 366 g/mol. The number of aryl methyl sites for hydroxylation is 1. The molecule has 1 amide bonds. The van der Waals surface area contributed by atoms with E-state index in [0.29, 0.717) is 37.7 Å². The summed E-state index contributed by atoms with van der Waals surface area (Å²) in [5, 5.41) is 3.66. The third kappa shape index (κ3) is 4.48. The Morgan fingerprint density at radius 3 is 2.67 bits per heavy atom. The molecular formula is C19H24ClN5O2. The molecule has 1 aromatic heterocycles. The van der Waals surface area contributed by atoms with Gasteiger partial charge in [0.2, 0.25) is 11.9 Å². The summed E-state index contributed by atoms with van der Waals surface area (Å²) in [6.45, 7) is 3.96. The minimum Gasteiger partial charge on any atom is -0.383 e. The van der Waals surface area contributed by atoms with Crippen molar-refractivity contribution in [3.8, 4) is 0 Å². The molecule has 3 N–H and O–H groups in total. The van der Waals surface area contributed by atoms with Gasteiger partial charge in [-0.05, 0) is 31.0 Å². The fraction of sp³-hybridized carbons (Fsp3) is 0.421. The second kappa shape index (κ2) is 8.10. The molecule has 1 fully saturated rings. The lowest BCUT2D eigenvalue weighted by Gasteiger charge is -2.49. The van der Waals surface area contributed by atoms with Crippen molar-refractivity contribution < 1.29 is 9.53 Å². The first-order chi connectivity index (χ1) is 12.9. The maximum Gasteiger partial charge on any atom is 0.230 e. The summed E-state index contributed by atoms with van der Waals surface area (Å²) in [4.78, 5) is 23.4. The van der Waals surface area contributed by atoms with Crippen LogP contribution in [-0.4, -0.2) is 49.2 Å². The van der Waals surface area contributed by atoms with Crippen molar-refractivity contribution in [2.75, 3.05) is 44.0 Å². The first kappa shape index (κ1) is 19.4. The van der Waals surface area contributed by atoms with Crippen LogP contribution in [0, 0.1) is 12.3 Å². The summed E-state index contributed by atoms with van der Waals surface area (Å²) >= 11 is 5.98. The summed E-state index contributed by atoms with van der Waals surface area (Å²) in [6, 6.07) is 9.49. The van der Waals surface area contributed by atoms with E-state index in [1.54, 1.807) is 7.11 Å². The highest BCUT2D eigenvalue weighted by Crippen LogP contribution is 2.37. The van der Waals surface area contributed by atoms with Gasteiger partial charge in [-0.2, -0.15) is 4.98 Å². The summed E-state index contributed by atoms with van der Waals surface area (Å²) in [7, 11) is 1.61. The second-order valence-corrected chi connectivity index (χ2v) is 7.35. The van der Waals surface area contributed by atoms with E-state index < -0.39 is 5.41 Å². The average molecular weight is 390 g/mol. The van der Waals surface area contributed by atoms with Crippen LogP contribution in [0.15, 0.2) is 30.3 Å². The number of nitrogen functional groups attached to an aromatic ring is 1. The molecule has 0 spiro atoms. The van der Waals surface area contributed by atoms with E-state index in [0.717, 1.165) is 17.1 Å². The molecule has 27 heavy (non-hydrogen) atoms. The zero-order chi connectivity index (χ0) is 19.4. The number of ether oxygens (including phenoxy) is 1. The van der Waals surface area contributed by atoms with Gasteiger partial charge in [0.25, 0.3) is 0 Å². The van der Waals surface area contributed by atoms with Crippen molar-refractivity contribution in [1.82, 2.24) is 15.3 Å². The predicted molar refractivity (Wildman–Crippen MR) is 106 cm³/mol. The lowest BCUT2D eigenvalue weighted by molar-refractivity contribution is -0.132. The third-order valence-corrected chi connectivity index (χ3v) is 4.95. The van der Waals surface area contributed by atoms with Gasteiger partial charge >= 0.3 is 0 Å². The van der Waals surface area contributed by atoms with Crippen molar-refractivity contribution in [2.24, 2.45) is 5.41 Å². The van der Waals surface area contributed by atoms with Crippen molar-refractivity contribution in [3.63, 3.8) is 0 Å². The van der Waals surface area contributed by atoms with Gasteiger partial charge in [-0.25, -0.2) is 4.98 Å². The minimum atomic E-state index is -0.533. The SMILES string of the molecule is COCCNC(=O)C1(Cc2ccc(Cl)cc2)CN(c2cc(C)nc(N)n2)C1. The number of benzene rings is 1. The molecule has 2 heterocycles. The molecule has 0 aliphatic carbocycles. The van der Waals surface area contributed by atoms with Crippen molar-refractivity contribution in [3.05, 3.63) is 46.6 Å². The Kier molecular flexibility index (Phi) is 5.82. The molecule has 1 saturated heterocycles. The van der Waals surface area contributed by atoms with E-state index in [9.17, 15) is 4.79 Å². The molecule has 0 saturated carbocycles. The van der Waals surface area contributed by atoms with Crippen molar-refractivity contribution >= 4 is 29.3 Å². The number of nitrogens with one attached hydrogen (secondary N) is 1. The van der Waals surface area contributed by atoms with E-state index in [-0.39, 0.29) is 11.9 Å². The van der Waals surface area contributed by atoms with Gasteiger partial charge in [0.15, 0.2) is 0 Å². The lowest BCUT2D eigenvalue weighted by Crippen LogP contribution is -2.65. The van der Waals surface area contributed by atoms with Crippen LogP contribution in [0.2, 0.25) is 5.02 Å². The summed E-state index contributed by atoms with van der Waals surface area (Å²) in [5.41, 5.74) is 7.11. The van der Waals surface area contributed by atoms with Gasteiger partial charge in [-0.1, -0.05) is 23.7 Å². The van der Waals surface area contributed by atoms with Gasteiger partial charge in [0.05, 0.1) is 12.0 Å². The van der Waals surface area contributed by atoms with Gasteiger partial charge in [0.1, 0.15) is 5.82 Å². The molecule has 0 radical (unpaired) electrons. The number of carbonyl (C=O) groups is 1. The summed E-state index contributed by atoms with van der Waals surface area (Å²) in [6.07, 6.45) is 0.624.